The van der Waals surface area contributed by atoms with Gasteiger partial charge in [-0.1, -0.05) is 6.92 Å². The van der Waals surface area contributed by atoms with E-state index >= 15 is 0 Å². The molecule has 0 aliphatic rings. The summed E-state index contributed by atoms with van der Waals surface area (Å²) < 4.78 is 13.6. The van der Waals surface area contributed by atoms with Gasteiger partial charge in [0.25, 0.3) is 0 Å². The summed E-state index contributed by atoms with van der Waals surface area (Å²) in [6.07, 6.45) is 0.331. The first-order valence-corrected chi connectivity index (χ1v) is 5.46. The van der Waals surface area contributed by atoms with E-state index in [0.717, 1.165) is 6.07 Å². The van der Waals surface area contributed by atoms with Gasteiger partial charge in [0.15, 0.2) is 0 Å². The van der Waals surface area contributed by atoms with E-state index in [0.29, 0.717) is 6.42 Å². The number of benzene rings is 1. The molecule has 1 amide bonds. The van der Waals surface area contributed by atoms with Crippen molar-refractivity contribution in [3.05, 3.63) is 29.1 Å². The van der Waals surface area contributed by atoms with Gasteiger partial charge in [0.2, 0.25) is 5.91 Å². The molecule has 0 fully saturated rings. The summed E-state index contributed by atoms with van der Waals surface area (Å²) in [5, 5.41) is 11.6. The zero-order valence-electron chi connectivity index (χ0n) is 10.2. The Balaban J connectivity index is 3.15. The van der Waals surface area contributed by atoms with Gasteiger partial charge in [-0.25, -0.2) is 9.18 Å². The molecule has 5 nitrogen and oxygen atoms in total. The molecule has 0 saturated carbocycles. The van der Waals surface area contributed by atoms with Crippen molar-refractivity contribution in [2.75, 3.05) is 5.32 Å². The number of carbonyl (C=O) groups excluding carboxylic acids is 1. The maximum absolute atomic E-state index is 13.6. The minimum atomic E-state index is -1.04. The summed E-state index contributed by atoms with van der Waals surface area (Å²) in [5.41, 5.74) is 5.59. The molecule has 0 bridgehead atoms. The van der Waals surface area contributed by atoms with Crippen LogP contribution in [0.5, 0.6) is 0 Å². The second kappa shape index (κ2) is 5.48. The third-order valence-corrected chi connectivity index (χ3v) is 2.66. The van der Waals surface area contributed by atoms with Crippen molar-refractivity contribution in [3.8, 4) is 0 Å². The van der Waals surface area contributed by atoms with E-state index in [-0.39, 0.29) is 16.8 Å². The van der Waals surface area contributed by atoms with Crippen LogP contribution in [0, 0.1) is 12.7 Å². The third kappa shape index (κ3) is 2.97. The Kier molecular flexibility index (Phi) is 4.25. The van der Waals surface area contributed by atoms with E-state index in [1.54, 1.807) is 6.92 Å². The van der Waals surface area contributed by atoms with Gasteiger partial charge in [-0.05, 0) is 25.5 Å². The monoisotopic (exact) mass is 254 g/mol. The summed E-state index contributed by atoms with van der Waals surface area (Å²) in [6, 6.07) is 1.54. The summed E-state index contributed by atoms with van der Waals surface area (Å²) >= 11 is 0. The minimum absolute atomic E-state index is 0.000779. The van der Waals surface area contributed by atoms with Crippen LogP contribution < -0.4 is 11.1 Å². The van der Waals surface area contributed by atoms with E-state index in [1.165, 1.54) is 13.0 Å². The zero-order chi connectivity index (χ0) is 13.9. The number of nitrogens with one attached hydrogen (secondary N) is 1. The molecular weight excluding hydrogens is 239 g/mol. The molecule has 0 aliphatic carbocycles. The number of carbonyl (C=O) groups is 2. The van der Waals surface area contributed by atoms with E-state index < -0.39 is 23.7 Å². The standard InChI is InChI=1S/C12H15FN2O3/c1-3-9(12(17)18)15-10-5-7(11(14)16)4-8(13)6(10)2/h4-5,9,15H,3H2,1-2H3,(H2,14,16)(H,17,18). The Hall–Kier alpha value is -2.11. The fourth-order valence-electron chi connectivity index (χ4n) is 1.50. The maximum atomic E-state index is 13.6. The van der Waals surface area contributed by atoms with Gasteiger partial charge in [-0.2, -0.15) is 0 Å². The molecule has 1 aromatic rings. The van der Waals surface area contributed by atoms with Crippen molar-refractivity contribution >= 4 is 17.6 Å². The molecule has 1 unspecified atom stereocenters. The van der Waals surface area contributed by atoms with Crippen LogP contribution in [-0.4, -0.2) is 23.0 Å². The summed E-state index contributed by atoms with van der Waals surface area (Å²) in [4.78, 5) is 21.9. The number of nitrogens with two attached hydrogens (primary N) is 1. The number of amides is 1. The molecule has 4 N–H and O–H groups in total. The molecule has 0 aromatic heterocycles. The lowest BCUT2D eigenvalue weighted by atomic mass is 10.1. The first kappa shape index (κ1) is 14.0. The molecule has 0 aliphatic heterocycles. The Morgan fingerprint density at radius 3 is 2.56 bits per heavy atom. The molecular formula is C12H15FN2O3. The number of carboxylic acid groups (broad SMARTS) is 1. The first-order chi connectivity index (χ1) is 8.36. The number of halogens is 1. The lowest BCUT2D eigenvalue weighted by Gasteiger charge is -2.16. The lowest BCUT2D eigenvalue weighted by Crippen LogP contribution is -2.29. The number of hydrogen-bond donors (Lipinski definition) is 3. The summed E-state index contributed by atoms with van der Waals surface area (Å²) in [5.74, 6) is -2.41. The smallest absolute Gasteiger partial charge is 0.326 e. The van der Waals surface area contributed by atoms with Crippen molar-refractivity contribution < 1.29 is 19.1 Å². The van der Waals surface area contributed by atoms with Gasteiger partial charge < -0.3 is 16.2 Å². The van der Waals surface area contributed by atoms with Crippen LogP contribution >= 0.6 is 0 Å². The van der Waals surface area contributed by atoms with Crippen LogP contribution in [0.25, 0.3) is 0 Å². The van der Waals surface area contributed by atoms with Crippen LogP contribution in [0.4, 0.5) is 10.1 Å². The Morgan fingerprint density at radius 2 is 2.11 bits per heavy atom. The van der Waals surface area contributed by atoms with Crippen LogP contribution in [0.15, 0.2) is 12.1 Å². The SMILES string of the molecule is CCC(Nc1cc(C(N)=O)cc(F)c1C)C(=O)O. The second-order valence-corrected chi connectivity index (χ2v) is 3.94. The number of carboxylic acids is 1. The highest BCUT2D eigenvalue weighted by atomic mass is 19.1. The van der Waals surface area contributed by atoms with Gasteiger partial charge in [0, 0.05) is 16.8 Å². The highest BCUT2D eigenvalue weighted by molar-refractivity contribution is 5.94. The molecule has 6 heteroatoms. The van der Waals surface area contributed by atoms with Crippen molar-refractivity contribution in [3.63, 3.8) is 0 Å². The predicted octanol–water partition coefficient (Wildman–Crippen LogP) is 1.51. The molecule has 1 rings (SSSR count). The fraction of sp³-hybridized carbons (Fsp3) is 0.333. The molecule has 98 valence electrons. The summed E-state index contributed by atoms with van der Waals surface area (Å²) in [7, 11) is 0. The van der Waals surface area contributed by atoms with Crippen molar-refractivity contribution in [1.82, 2.24) is 0 Å². The molecule has 0 radical (unpaired) electrons. The zero-order valence-corrected chi connectivity index (χ0v) is 10.2. The third-order valence-electron chi connectivity index (χ3n) is 2.66. The normalized spacial score (nSPS) is 11.9. The van der Waals surface area contributed by atoms with Crippen molar-refractivity contribution in [2.24, 2.45) is 5.73 Å². The first-order valence-electron chi connectivity index (χ1n) is 5.46. The highest BCUT2D eigenvalue weighted by Gasteiger charge is 2.17. The Bertz CT molecular complexity index is 488. The Labute approximate surface area is 104 Å². The second-order valence-electron chi connectivity index (χ2n) is 3.94. The van der Waals surface area contributed by atoms with Gasteiger partial charge in [-0.15, -0.1) is 0 Å². The fourth-order valence-corrected chi connectivity index (χ4v) is 1.50. The molecule has 0 heterocycles. The summed E-state index contributed by atoms with van der Waals surface area (Å²) in [6.45, 7) is 3.19. The van der Waals surface area contributed by atoms with E-state index in [9.17, 15) is 14.0 Å². The van der Waals surface area contributed by atoms with Gasteiger partial charge in [-0.3, -0.25) is 4.79 Å². The van der Waals surface area contributed by atoms with E-state index in [1.807, 2.05) is 0 Å². The van der Waals surface area contributed by atoms with Gasteiger partial charge in [0.1, 0.15) is 11.9 Å². The average molecular weight is 254 g/mol. The predicted molar refractivity (Wildman–Crippen MR) is 65.0 cm³/mol. The quantitative estimate of drug-likeness (QED) is 0.742. The highest BCUT2D eigenvalue weighted by Crippen LogP contribution is 2.22. The van der Waals surface area contributed by atoms with Gasteiger partial charge in [0.05, 0.1) is 0 Å². The van der Waals surface area contributed by atoms with Crippen molar-refractivity contribution in [1.29, 1.82) is 0 Å². The van der Waals surface area contributed by atoms with E-state index in [4.69, 9.17) is 10.8 Å². The van der Waals surface area contributed by atoms with Crippen molar-refractivity contribution in [2.45, 2.75) is 26.3 Å². The number of anilines is 1. The van der Waals surface area contributed by atoms with E-state index in [2.05, 4.69) is 5.32 Å². The van der Waals surface area contributed by atoms with Crippen LogP contribution in [-0.2, 0) is 4.79 Å². The number of rotatable bonds is 5. The minimum Gasteiger partial charge on any atom is -0.480 e. The van der Waals surface area contributed by atoms with Crippen LogP contribution in [0.1, 0.15) is 29.3 Å². The van der Waals surface area contributed by atoms with Gasteiger partial charge >= 0.3 is 5.97 Å². The topological polar surface area (TPSA) is 92.4 Å². The van der Waals surface area contributed by atoms with Crippen LogP contribution in [0.3, 0.4) is 0 Å². The average Bonchev–Trinajstić information content (AvgIpc) is 2.30. The lowest BCUT2D eigenvalue weighted by molar-refractivity contribution is -0.137. The molecule has 0 saturated heterocycles. The molecule has 0 spiro atoms. The molecule has 1 atom stereocenters. The number of primary amides is 1. The van der Waals surface area contributed by atoms with Crippen LogP contribution in [0.2, 0.25) is 0 Å². The Morgan fingerprint density at radius 1 is 1.50 bits per heavy atom. The number of hydrogen-bond acceptors (Lipinski definition) is 3. The molecule has 18 heavy (non-hydrogen) atoms. The maximum Gasteiger partial charge on any atom is 0.326 e. The largest absolute Gasteiger partial charge is 0.480 e. The number of aliphatic carboxylic acids is 1. The molecule has 1 aromatic carbocycles.